The van der Waals surface area contributed by atoms with E-state index >= 15 is 0 Å². The largest absolute Gasteiger partial charge is 0.573 e. The molecule has 1 aliphatic rings. The van der Waals surface area contributed by atoms with E-state index in [1.807, 2.05) is 0 Å². The molecule has 1 fully saturated rings. The van der Waals surface area contributed by atoms with Crippen LogP contribution < -0.4 is 9.47 Å². The third-order valence-corrected chi connectivity index (χ3v) is 3.47. The van der Waals surface area contributed by atoms with E-state index in [4.69, 9.17) is 9.47 Å². The van der Waals surface area contributed by atoms with Crippen LogP contribution in [0.15, 0.2) is 22.7 Å². The van der Waals surface area contributed by atoms with E-state index < -0.39 is 6.36 Å². The van der Waals surface area contributed by atoms with Gasteiger partial charge < -0.3 is 19.1 Å². The van der Waals surface area contributed by atoms with E-state index in [2.05, 4.69) is 20.7 Å². The molecule has 5 nitrogen and oxygen atoms in total. The molecule has 0 radical (unpaired) electrons. The molecule has 0 spiro atoms. The monoisotopic (exact) mass is 383 g/mol. The zero-order chi connectivity index (χ0) is 16.2. The zero-order valence-corrected chi connectivity index (χ0v) is 12.9. The Morgan fingerprint density at radius 2 is 2.00 bits per heavy atom. The summed E-state index contributed by atoms with van der Waals surface area (Å²) >= 11 is 3.08. The average Bonchev–Trinajstić information content (AvgIpc) is 2.45. The van der Waals surface area contributed by atoms with Crippen LogP contribution in [-0.2, 0) is 9.53 Å². The summed E-state index contributed by atoms with van der Waals surface area (Å²) in [5.74, 6) is -0.312. The van der Waals surface area contributed by atoms with Crippen molar-refractivity contribution in [3.05, 3.63) is 22.7 Å². The second kappa shape index (κ2) is 7.19. The fourth-order valence-corrected chi connectivity index (χ4v) is 2.31. The Morgan fingerprint density at radius 3 is 2.59 bits per heavy atom. The van der Waals surface area contributed by atoms with Gasteiger partial charge in [-0.05, 0) is 34.1 Å². The number of amides is 1. The number of nitrogens with zero attached hydrogens (tertiary/aromatic N) is 1. The Bertz CT molecular complexity index is 533. The molecule has 0 aromatic heterocycles. The molecule has 22 heavy (non-hydrogen) atoms. The van der Waals surface area contributed by atoms with E-state index in [1.54, 1.807) is 4.90 Å². The number of rotatable bonds is 4. The van der Waals surface area contributed by atoms with Crippen molar-refractivity contribution in [1.29, 1.82) is 0 Å². The lowest BCUT2D eigenvalue weighted by atomic mass is 10.3. The summed E-state index contributed by atoms with van der Waals surface area (Å²) in [4.78, 5) is 13.5. The summed E-state index contributed by atoms with van der Waals surface area (Å²) < 4.78 is 50.8. The highest BCUT2D eigenvalue weighted by atomic mass is 79.9. The first-order valence-corrected chi connectivity index (χ1v) is 7.18. The van der Waals surface area contributed by atoms with Gasteiger partial charge in [0.25, 0.3) is 5.91 Å². The van der Waals surface area contributed by atoms with E-state index in [9.17, 15) is 18.0 Å². The topological polar surface area (TPSA) is 48.0 Å². The number of benzene rings is 1. The third kappa shape index (κ3) is 5.06. The van der Waals surface area contributed by atoms with Crippen LogP contribution in [0.4, 0.5) is 13.2 Å². The molecule has 1 aliphatic heterocycles. The maximum absolute atomic E-state index is 12.1. The summed E-state index contributed by atoms with van der Waals surface area (Å²) in [6, 6.07) is 3.55. The summed E-state index contributed by atoms with van der Waals surface area (Å²) in [5, 5.41) is 0. The van der Waals surface area contributed by atoms with Crippen LogP contribution in [0.5, 0.6) is 11.5 Å². The van der Waals surface area contributed by atoms with Gasteiger partial charge >= 0.3 is 6.36 Å². The van der Waals surface area contributed by atoms with E-state index in [0.717, 1.165) is 12.1 Å². The minimum absolute atomic E-state index is 0.196. The Balaban J connectivity index is 1.91. The lowest BCUT2D eigenvalue weighted by molar-refractivity contribution is -0.274. The third-order valence-electron chi connectivity index (χ3n) is 2.85. The van der Waals surface area contributed by atoms with E-state index in [-0.39, 0.29) is 28.5 Å². The molecule has 122 valence electrons. The molecule has 0 aliphatic carbocycles. The number of halogens is 4. The molecule has 1 aromatic rings. The molecule has 0 saturated carbocycles. The van der Waals surface area contributed by atoms with E-state index in [1.165, 1.54) is 6.07 Å². The number of carbonyl (C=O) groups excluding carboxylic acids is 1. The predicted octanol–water partition coefficient (Wildman–Crippen LogP) is 2.59. The van der Waals surface area contributed by atoms with Gasteiger partial charge in [0.05, 0.1) is 17.7 Å². The quantitative estimate of drug-likeness (QED) is 0.801. The molecule has 9 heteroatoms. The highest BCUT2D eigenvalue weighted by molar-refractivity contribution is 9.10. The number of alkyl halides is 3. The number of carbonyl (C=O) groups is 1. The first-order chi connectivity index (χ1) is 10.3. The molecule has 0 bridgehead atoms. The number of morpholine rings is 1. The molecule has 1 aromatic carbocycles. The fourth-order valence-electron chi connectivity index (χ4n) is 1.84. The molecule has 2 rings (SSSR count). The Morgan fingerprint density at radius 1 is 1.32 bits per heavy atom. The minimum atomic E-state index is -4.76. The normalized spacial score (nSPS) is 15.5. The smallest absolute Gasteiger partial charge is 0.483 e. The Labute approximate surface area is 133 Å². The van der Waals surface area contributed by atoms with Crippen LogP contribution in [0.25, 0.3) is 0 Å². The molecule has 1 heterocycles. The van der Waals surface area contributed by atoms with Crippen molar-refractivity contribution in [2.24, 2.45) is 0 Å². The highest BCUT2D eigenvalue weighted by Gasteiger charge is 2.31. The molecule has 0 unspecified atom stereocenters. The molecular formula is C13H13BrF3NO4. The maximum atomic E-state index is 12.1. The van der Waals surface area contributed by atoms with Crippen LogP contribution in [0.3, 0.4) is 0 Å². The standard InChI is InChI=1S/C13H13BrF3NO4/c14-10-7-9(22-13(15,16)17)1-2-11(10)21-8-12(19)18-3-5-20-6-4-18/h1-2,7H,3-6,8H2. The summed E-state index contributed by atoms with van der Waals surface area (Å²) in [6.45, 7) is 1.78. The van der Waals surface area contributed by atoms with Gasteiger partial charge in [-0.1, -0.05) is 0 Å². The van der Waals surface area contributed by atoms with Gasteiger partial charge in [-0.2, -0.15) is 0 Å². The van der Waals surface area contributed by atoms with Crippen molar-refractivity contribution in [1.82, 2.24) is 4.90 Å². The zero-order valence-electron chi connectivity index (χ0n) is 11.4. The van der Waals surface area contributed by atoms with Crippen molar-refractivity contribution >= 4 is 21.8 Å². The minimum Gasteiger partial charge on any atom is -0.483 e. The van der Waals surface area contributed by atoms with Crippen LogP contribution in [0.2, 0.25) is 0 Å². The summed E-state index contributed by atoms with van der Waals surface area (Å²) in [7, 11) is 0. The van der Waals surface area contributed by atoms with Gasteiger partial charge in [-0.3, -0.25) is 4.79 Å². The van der Waals surface area contributed by atoms with Crippen LogP contribution in [-0.4, -0.2) is 50.1 Å². The van der Waals surface area contributed by atoms with Crippen molar-refractivity contribution in [3.63, 3.8) is 0 Å². The Hall–Kier alpha value is -1.48. The SMILES string of the molecule is O=C(COc1ccc(OC(F)(F)F)cc1Br)N1CCOCC1. The molecule has 0 N–H and O–H groups in total. The van der Waals surface area contributed by atoms with Gasteiger partial charge in [0, 0.05) is 13.1 Å². The van der Waals surface area contributed by atoms with Crippen LogP contribution in [0.1, 0.15) is 0 Å². The van der Waals surface area contributed by atoms with Crippen molar-refractivity contribution in [3.8, 4) is 11.5 Å². The van der Waals surface area contributed by atoms with Gasteiger partial charge in [0.15, 0.2) is 6.61 Å². The summed E-state index contributed by atoms with van der Waals surface area (Å²) in [5.41, 5.74) is 0. The second-order valence-corrected chi connectivity index (χ2v) is 5.28. The fraction of sp³-hybridized carbons (Fsp3) is 0.462. The van der Waals surface area contributed by atoms with Gasteiger partial charge in [0.2, 0.25) is 0 Å². The molecule has 1 amide bonds. The molecule has 1 saturated heterocycles. The Kier molecular flexibility index (Phi) is 5.52. The molecule has 0 atom stereocenters. The average molecular weight is 384 g/mol. The number of hydrogen-bond acceptors (Lipinski definition) is 4. The number of hydrogen-bond donors (Lipinski definition) is 0. The van der Waals surface area contributed by atoms with Crippen LogP contribution in [0, 0.1) is 0 Å². The van der Waals surface area contributed by atoms with Gasteiger partial charge in [0.1, 0.15) is 11.5 Å². The highest BCUT2D eigenvalue weighted by Crippen LogP contribution is 2.32. The van der Waals surface area contributed by atoms with Crippen molar-refractivity contribution in [2.45, 2.75) is 6.36 Å². The maximum Gasteiger partial charge on any atom is 0.573 e. The van der Waals surface area contributed by atoms with Gasteiger partial charge in [-0.15, -0.1) is 13.2 Å². The van der Waals surface area contributed by atoms with Crippen molar-refractivity contribution < 1.29 is 32.2 Å². The second-order valence-electron chi connectivity index (χ2n) is 4.42. The summed E-state index contributed by atoms with van der Waals surface area (Å²) in [6.07, 6.45) is -4.76. The first kappa shape index (κ1) is 16.9. The van der Waals surface area contributed by atoms with Crippen LogP contribution >= 0.6 is 15.9 Å². The number of ether oxygens (including phenoxy) is 3. The van der Waals surface area contributed by atoms with Crippen molar-refractivity contribution in [2.75, 3.05) is 32.9 Å². The lowest BCUT2D eigenvalue weighted by Gasteiger charge is -2.26. The first-order valence-electron chi connectivity index (χ1n) is 6.39. The lowest BCUT2D eigenvalue weighted by Crippen LogP contribution is -2.43. The molecular weight excluding hydrogens is 371 g/mol. The predicted molar refractivity (Wildman–Crippen MR) is 73.7 cm³/mol. The van der Waals surface area contributed by atoms with Gasteiger partial charge in [-0.25, -0.2) is 0 Å². The van der Waals surface area contributed by atoms with E-state index in [0.29, 0.717) is 26.3 Å².